The van der Waals surface area contributed by atoms with Gasteiger partial charge in [-0.1, -0.05) is 18.2 Å². The molecule has 2 aliphatic rings. The van der Waals surface area contributed by atoms with E-state index in [0.717, 1.165) is 0 Å². The zero-order valence-corrected chi connectivity index (χ0v) is 17.3. The Morgan fingerprint density at radius 1 is 0.970 bits per heavy atom. The van der Waals surface area contributed by atoms with E-state index in [-0.39, 0.29) is 23.7 Å². The second kappa shape index (κ2) is 9.48. The van der Waals surface area contributed by atoms with Crippen LogP contribution in [-0.2, 0) is 16.0 Å². The number of benzene rings is 2. The van der Waals surface area contributed by atoms with Crippen LogP contribution in [-0.4, -0.2) is 80.0 Å². The largest absolute Gasteiger partial charge is 0.508 e. The van der Waals surface area contributed by atoms with Crippen molar-refractivity contribution in [1.82, 2.24) is 0 Å². The molecule has 0 radical (unpaired) electrons. The average molecular weight is 460 g/mol. The molecule has 2 aromatic carbocycles. The Morgan fingerprint density at radius 2 is 1.70 bits per heavy atom. The highest BCUT2D eigenvalue weighted by Crippen LogP contribution is 2.33. The molecule has 1 fully saturated rings. The van der Waals surface area contributed by atoms with E-state index in [1.807, 2.05) is 0 Å². The van der Waals surface area contributed by atoms with Gasteiger partial charge >= 0.3 is 5.97 Å². The van der Waals surface area contributed by atoms with E-state index in [0.29, 0.717) is 16.7 Å². The highest BCUT2D eigenvalue weighted by atomic mass is 16.7. The molecule has 2 aliphatic heterocycles. The summed E-state index contributed by atoms with van der Waals surface area (Å²) >= 11 is 0. The average Bonchev–Trinajstić information content (AvgIpc) is 2.79. The van der Waals surface area contributed by atoms with Gasteiger partial charge in [-0.25, -0.2) is 4.79 Å². The SMILES string of the molecule is O=C1C=C(c2ccc(O)cc2)[C@@H](O)Cc2ccc(O[C@@H]3O[C@H](CO)[C@@H](O)[C@H](O)[C@H]3O)cc2O1. The molecule has 2 aromatic rings. The maximum Gasteiger partial charge on any atom is 0.336 e. The van der Waals surface area contributed by atoms with Crippen molar-refractivity contribution >= 4 is 11.5 Å². The number of carbonyl (C=O) groups is 1. The van der Waals surface area contributed by atoms with Gasteiger partial charge in [0.2, 0.25) is 6.29 Å². The summed E-state index contributed by atoms with van der Waals surface area (Å²) < 4.78 is 16.3. The molecule has 33 heavy (non-hydrogen) atoms. The molecule has 0 amide bonds. The first-order valence-corrected chi connectivity index (χ1v) is 10.3. The zero-order valence-electron chi connectivity index (χ0n) is 17.3. The molecule has 0 unspecified atom stereocenters. The van der Waals surface area contributed by atoms with Crippen molar-refractivity contribution in [1.29, 1.82) is 0 Å². The fourth-order valence-electron chi connectivity index (χ4n) is 3.78. The van der Waals surface area contributed by atoms with Gasteiger partial charge in [0.05, 0.1) is 12.7 Å². The van der Waals surface area contributed by atoms with Crippen molar-refractivity contribution < 1.29 is 49.6 Å². The summed E-state index contributed by atoms with van der Waals surface area (Å²) in [7, 11) is 0. The topological polar surface area (TPSA) is 166 Å². The lowest BCUT2D eigenvalue weighted by molar-refractivity contribution is -0.277. The number of phenols is 1. The predicted molar refractivity (Wildman–Crippen MR) is 112 cm³/mol. The minimum absolute atomic E-state index is 0.0551. The van der Waals surface area contributed by atoms with Crippen molar-refractivity contribution in [2.45, 2.75) is 43.2 Å². The second-order valence-electron chi connectivity index (χ2n) is 7.87. The lowest BCUT2D eigenvalue weighted by atomic mass is 9.94. The molecule has 176 valence electrons. The molecule has 0 spiro atoms. The van der Waals surface area contributed by atoms with Gasteiger partial charge in [0.15, 0.2) is 0 Å². The normalized spacial score (nSPS) is 29.8. The lowest BCUT2D eigenvalue weighted by Gasteiger charge is -2.39. The molecule has 0 aliphatic carbocycles. The van der Waals surface area contributed by atoms with E-state index in [2.05, 4.69) is 0 Å². The second-order valence-corrected chi connectivity index (χ2v) is 7.87. The van der Waals surface area contributed by atoms with Gasteiger partial charge in [0, 0.05) is 18.6 Å². The van der Waals surface area contributed by atoms with Gasteiger partial charge in [-0.05, 0) is 34.9 Å². The number of ether oxygens (including phenoxy) is 3. The molecular weight excluding hydrogens is 436 g/mol. The number of hydrogen-bond donors (Lipinski definition) is 6. The molecule has 6 N–H and O–H groups in total. The number of phenolic OH excluding ortho intramolecular Hbond substituents is 1. The lowest BCUT2D eigenvalue weighted by Crippen LogP contribution is -2.60. The third-order valence-electron chi connectivity index (χ3n) is 5.60. The van der Waals surface area contributed by atoms with Gasteiger partial charge in [-0.3, -0.25) is 0 Å². The molecule has 10 nitrogen and oxygen atoms in total. The Balaban J connectivity index is 1.55. The van der Waals surface area contributed by atoms with Crippen molar-refractivity contribution in [2.75, 3.05) is 6.61 Å². The van der Waals surface area contributed by atoms with Gasteiger partial charge in [0.25, 0.3) is 0 Å². The van der Waals surface area contributed by atoms with Crippen LogP contribution in [0.2, 0.25) is 0 Å². The van der Waals surface area contributed by atoms with Crippen LogP contribution >= 0.6 is 0 Å². The molecule has 6 atom stereocenters. The Hall–Kier alpha value is -2.99. The molecule has 4 rings (SSSR count). The van der Waals surface area contributed by atoms with Crippen LogP contribution in [0.1, 0.15) is 11.1 Å². The first-order chi connectivity index (χ1) is 15.8. The summed E-state index contributed by atoms with van der Waals surface area (Å²) in [4.78, 5) is 12.5. The first kappa shape index (κ1) is 23.2. The summed E-state index contributed by atoms with van der Waals surface area (Å²) in [5.41, 5.74) is 1.41. The summed E-state index contributed by atoms with van der Waals surface area (Å²) in [6, 6.07) is 10.5. The van der Waals surface area contributed by atoms with Crippen molar-refractivity contribution in [3.8, 4) is 17.2 Å². The molecule has 0 bridgehead atoms. The van der Waals surface area contributed by atoms with E-state index in [9.17, 15) is 35.4 Å². The summed E-state index contributed by atoms with van der Waals surface area (Å²) in [6.45, 7) is -0.597. The van der Waals surface area contributed by atoms with Crippen molar-refractivity contribution in [3.05, 3.63) is 59.7 Å². The molecule has 1 saturated heterocycles. The minimum atomic E-state index is -1.60. The quantitative estimate of drug-likeness (QED) is 0.258. The van der Waals surface area contributed by atoms with Crippen molar-refractivity contribution in [2.24, 2.45) is 0 Å². The van der Waals surface area contributed by atoms with Gasteiger partial charge in [-0.2, -0.15) is 0 Å². The van der Waals surface area contributed by atoms with E-state index in [1.165, 1.54) is 30.3 Å². The molecule has 10 heteroatoms. The number of aliphatic hydroxyl groups is 5. The fourth-order valence-corrected chi connectivity index (χ4v) is 3.78. The van der Waals surface area contributed by atoms with E-state index >= 15 is 0 Å². The van der Waals surface area contributed by atoms with Crippen LogP contribution in [0.3, 0.4) is 0 Å². The van der Waals surface area contributed by atoms with Gasteiger partial charge in [-0.15, -0.1) is 0 Å². The third kappa shape index (κ3) is 4.86. The predicted octanol–water partition coefficient (Wildman–Crippen LogP) is -0.523. The van der Waals surface area contributed by atoms with E-state index in [1.54, 1.807) is 18.2 Å². The van der Waals surface area contributed by atoms with Crippen LogP contribution in [0.25, 0.3) is 5.57 Å². The number of aromatic hydroxyl groups is 1. The highest BCUT2D eigenvalue weighted by Gasteiger charge is 2.44. The summed E-state index contributed by atoms with van der Waals surface area (Å²) in [5.74, 6) is -0.423. The van der Waals surface area contributed by atoms with Crippen LogP contribution in [0.5, 0.6) is 17.2 Å². The monoisotopic (exact) mass is 460 g/mol. The molecule has 2 heterocycles. The first-order valence-electron chi connectivity index (χ1n) is 10.3. The van der Waals surface area contributed by atoms with Crippen LogP contribution in [0.15, 0.2) is 48.5 Å². The van der Waals surface area contributed by atoms with Gasteiger partial charge < -0.3 is 44.8 Å². The summed E-state index contributed by atoms with van der Waals surface area (Å²) in [6.07, 6.45) is -6.97. The molecule has 0 aromatic heterocycles. The minimum Gasteiger partial charge on any atom is -0.508 e. The number of aliphatic hydroxyl groups excluding tert-OH is 5. The Morgan fingerprint density at radius 3 is 2.39 bits per heavy atom. The number of rotatable bonds is 4. The molecule has 0 saturated carbocycles. The van der Waals surface area contributed by atoms with Crippen LogP contribution < -0.4 is 9.47 Å². The standard InChI is InChI=1S/C23H24O10/c24-10-18-20(28)21(29)22(30)23(33-18)31-14-6-3-12-7-16(26)15(9-19(27)32-17(12)8-14)11-1-4-13(25)5-2-11/h1-6,8-9,16,18,20-26,28-30H,7,10H2/t16-,18+,20+,21-,22+,23+/m0/s1. The maximum atomic E-state index is 12.5. The zero-order chi connectivity index (χ0) is 23.7. The number of hydrogen-bond acceptors (Lipinski definition) is 10. The van der Waals surface area contributed by atoms with E-state index < -0.39 is 49.4 Å². The smallest absolute Gasteiger partial charge is 0.336 e. The molecular formula is C23H24O10. The van der Waals surface area contributed by atoms with E-state index in [4.69, 9.17) is 14.2 Å². The third-order valence-corrected chi connectivity index (χ3v) is 5.60. The van der Waals surface area contributed by atoms with Crippen LogP contribution in [0.4, 0.5) is 0 Å². The number of fused-ring (bicyclic) bond motifs is 1. The summed E-state index contributed by atoms with van der Waals surface area (Å²) in [5, 5.41) is 59.5. The fraction of sp³-hybridized carbons (Fsp3) is 0.348. The Labute approximate surface area is 188 Å². The van der Waals surface area contributed by atoms with Crippen molar-refractivity contribution in [3.63, 3.8) is 0 Å². The Kier molecular flexibility index (Phi) is 6.66. The highest BCUT2D eigenvalue weighted by molar-refractivity contribution is 5.94. The Bertz CT molecular complexity index is 1030. The van der Waals surface area contributed by atoms with Crippen LogP contribution in [0, 0.1) is 0 Å². The number of carbonyl (C=O) groups excluding carboxylic acids is 1. The maximum absolute atomic E-state index is 12.5. The number of esters is 1. The van der Waals surface area contributed by atoms with Gasteiger partial charge in [0.1, 0.15) is 41.7 Å².